The summed E-state index contributed by atoms with van der Waals surface area (Å²) in [6.07, 6.45) is 2.93. The smallest absolute Gasteiger partial charge is 0.240 e. The van der Waals surface area contributed by atoms with Gasteiger partial charge in [0, 0.05) is 17.8 Å². The maximum Gasteiger partial charge on any atom is 0.240 e. The van der Waals surface area contributed by atoms with E-state index in [1.54, 1.807) is 12.1 Å². The van der Waals surface area contributed by atoms with Crippen molar-refractivity contribution in [3.05, 3.63) is 29.8 Å². The van der Waals surface area contributed by atoms with Gasteiger partial charge in [0.2, 0.25) is 10.0 Å². The molecule has 0 radical (unpaired) electrons. The summed E-state index contributed by atoms with van der Waals surface area (Å²) >= 11 is 1.82. The molecule has 1 aromatic carbocycles. The van der Waals surface area contributed by atoms with E-state index in [0.717, 1.165) is 36.3 Å². The minimum absolute atomic E-state index is 0.0590. The molecule has 1 fully saturated rings. The lowest BCUT2D eigenvalue weighted by Gasteiger charge is -2.22. The lowest BCUT2D eigenvalue weighted by molar-refractivity contribution is 0.542. The molecule has 21 heavy (non-hydrogen) atoms. The molecule has 1 heterocycles. The van der Waals surface area contributed by atoms with E-state index < -0.39 is 10.0 Å². The lowest BCUT2D eigenvalue weighted by atomic mass is 10.1. The summed E-state index contributed by atoms with van der Waals surface area (Å²) in [6.45, 7) is 2.08. The Labute approximate surface area is 132 Å². The van der Waals surface area contributed by atoms with E-state index in [1.807, 2.05) is 30.9 Å². The summed E-state index contributed by atoms with van der Waals surface area (Å²) in [5.41, 5.74) is 1.01. The number of rotatable bonds is 6. The SMILES string of the molecule is CCC(NC)c1cccc(S(=O)(=O)NC2CCCSC2)c1. The molecule has 0 aliphatic carbocycles. The highest BCUT2D eigenvalue weighted by atomic mass is 32.2. The molecular weight excluding hydrogens is 304 g/mol. The number of sulfonamides is 1. The van der Waals surface area contributed by atoms with E-state index in [2.05, 4.69) is 17.0 Å². The molecule has 0 saturated carbocycles. The average Bonchev–Trinajstić information content (AvgIpc) is 2.49. The van der Waals surface area contributed by atoms with Crippen molar-refractivity contribution in [3.63, 3.8) is 0 Å². The second-order valence-corrected chi connectivity index (χ2v) is 8.22. The second kappa shape index (κ2) is 7.63. The van der Waals surface area contributed by atoms with Gasteiger partial charge in [0.1, 0.15) is 0 Å². The minimum Gasteiger partial charge on any atom is -0.313 e. The molecule has 2 rings (SSSR count). The zero-order valence-electron chi connectivity index (χ0n) is 12.6. The molecule has 4 nitrogen and oxygen atoms in total. The highest BCUT2D eigenvalue weighted by Gasteiger charge is 2.22. The summed E-state index contributed by atoms with van der Waals surface area (Å²) in [6, 6.07) is 7.49. The van der Waals surface area contributed by atoms with Crippen LogP contribution in [0.3, 0.4) is 0 Å². The lowest BCUT2D eigenvalue weighted by Crippen LogP contribution is -2.38. The molecule has 1 aromatic rings. The number of nitrogens with one attached hydrogen (secondary N) is 2. The molecule has 118 valence electrons. The van der Waals surface area contributed by atoms with Gasteiger partial charge in [-0.2, -0.15) is 11.8 Å². The van der Waals surface area contributed by atoms with Crippen LogP contribution in [0.5, 0.6) is 0 Å². The Bertz CT molecular complexity index is 551. The molecule has 2 N–H and O–H groups in total. The average molecular weight is 329 g/mol. The summed E-state index contributed by atoms with van der Waals surface area (Å²) < 4.78 is 27.9. The second-order valence-electron chi connectivity index (χ2n) is 5.36. The first-order chi connectivity index (χ1) is 10.1. The van der Waals surface area contributed by atoms with Crippen LogP contribution in [-0.4, -0.2) is 33.0 Å². The predicted molar refractivity (Wildman–Crippen MR) is 89.2 cm³/mol. The minimum atomic E-state index is -3.42. The standard InChI is InChI=1S/C15H24N2O2S2/c1-3-15(16-2)12-6-4-8-14(10-12)21(18,19)17-13-7-5-9-20-11-13/h4,6,8,10,13,15-17H,3,5,7,9,11H2,1-2H3. The van der Waals surface area contributed by atoms with Crippen LogP contribution in [0, 0.1) is 0 Å². The van der Waals surface area contributed by atoms with Gasteiger partial charge in [-0.25, -0.2) is 13.1 Å². The van der Waals surface area contributed by atoms with Gasteiger partial charge in [0.15, 0.2) is 0 Å². The fourth-order valence-electron chi connectivity index (χ4n) is 2.63. The molecule has 1 aliphatic rings. The van der Waals surface area contributed by atoms with E-state index in [-0.39, 0.29) is 12.1 Å². The van der Waals surface area contributed by atoms with Gasteiger partial charge in [0.05, 0.1) is 4.90 Å². The van der Waals surface area contributed by atoms with Crippen LogP contribution >= 0.6 is 11.8 Å². The molecule has 1 aliphatic heterocycles. The summed E-state index contributed by atoms with van der Waals surface area (Å²) in [7, 11) is -1.53. The fourth-order valence-corrected chi connectivity index (χ4v) is 5.13. The monoisotopic (exact) mass is 328 g/mol. The zero-order valence-corrected chi connectivity index (χ0v) is 14.3. The van der Waals surface area contributed by atoms with Gasteiger partial charge in [-0.1, -0.05) is 19.1 Å². The Balaban J connectivity index is 2.17. The Morgan fingerprint density at radius 3 is 2.86 bits per heavy atom. The maximum atomic E-state index is 12.5. The summed E-state index contributed by atoms with van der Waals surface area (Å²) in [4.78, 5) is 0.365. The van der Waals surface area contributed by atoms with Crippen molar-refractivity contribution in [1.29, 1.82) is 0 Å². The van der Waals surface area contributed by atoms with Gasteiger partial charge in [-0.05, 0) is 49.8 Å². The third-order valence-electron chi connectivity index (χ3n) is 3.81. The Morgan fingerprint density at radius 2 is 2.24 bits per heavy atom. The third kappa shape index (κ3) is 4.45. The number of thioether (sulfide) groups is 1. The molecule has 0 spiro atoms. The van der Waals surface area contributed by atoms with E-state index in [9.17, 15) is 8.42 Å². The van der Waals surface area contributed by atoms with Crippen molar-refractivity contribution in [3.8, 4) is 0 Å². The van der Waals surface area contributed by atoms with Crippen LogP contribution in [0.4, 0.5) is 0 Å². The van der Waals surface area contributed by atoms with E-state index in [0.29, 0.717) is 4.90 Å². The van der Waals surface area contributed by atoms with Crippen LogP contribution in [0.1, 0.15) is 37.8 Å². The summed E-state index contributed by atoms with van der Waals surface area (Å²) in [5, 5.41) is 3.21. The molecule has 2 atom stereocenters. The zero-order chi connectivity index (χ0) is 15.3. The van der Waals surface area contributed by atoms with E-state index >= 15 is 0 Å². The molecular formula is C15H24N2O2S2. The predicted octanol–water partition coefficient (Wildman–Crippen LogP) is 2.53. The van der Waals surface area contributed by atoms with E-state index in [1.165, 1.54) is 0 Å². The van der Waals surface area contributed by atoms with Crippen LogP contribution in [-0.2, 0) is 10.0 Å². The number of hydrogen-bond acceptors (Lipinski definition) is 4. The Kier molecular flexibility index (Phi) is 6.10. The van der Waals surface area contributed by atoms with Crippen molar-refractivity contribution in [1.82, 2.24) is 10.0 Å². The topological polar surface area (TPSA) is 58.2 Å². The first-order valence-corrected chi connectivity index (χ1v) is 10.1. The fraction of sp³-hybridized carbons (Fsp3) is 0.600. The molecule has 0 amide bonds. The van der Waals surface area contributed by atoms with Crippen molar-refractivity contribution in [2.75, 3.05) is 18.6 Å². The highest BCUT2D eigenvalue weighted by Crippen LogP contribution is 2.22. The van der Waals surface area contributed by atoms with Crippen LogP contribution in [0.2, 0.25) is 0 Å². The normalized spacial score (nSPS) is 21.1. The third-order valence-corrected chi connectivity index (χ3v) is 6.54. The van der Waals surface area contributed by atoms with Gasteiger partial charge < -0.3 is 5.32 Å². The first-order valence-electron chi connectivity index (χ1n) is 7.44. The van der Waals surface area contributed by atoms with Gasteiger partial charge in [-0.15, -0.1) is 0 Å². The van der Waals surface area contributed by atoms with Crippen molar-refractivity contribution in [2.24, 2.45) is 0 Å². The molecule has 0 bridgehead atoms. The molecule has 1 saturated heterocycles. The largest absolute Gasteiger partial charge is 0.313 e. The summed E-state index contributed by atoms with van der Waals surface area (Å²) in [5.74, 6) is 2.00. The quantitative estimate of drug-likeness (QED) is 0.842. The van der Waals surface area contributed by atoms with Crippen LogP contribution < -0.4 is 10.0 Å². The highest BCUT2D eigenvalue weighted by molar-refractivity contribution is 7.99. The van der Waals surface area contributed by atoms with Gasteiger partial charge in [0.25, 0.3) is 0 Å². The Morgan fingerprint density at radius 1 is 1.43 bits per heavy atom. The molecule has 2 unspecified atom stereocenters. The van der Waals surface area contributed by atoms with Gasteiger partial charge in [-0.3, -0.25) is 0 Å². The van der Waals surface area contributed by atoms with Crippen LogP contribution in [0.25, 0.3) is 0 Å². The number of hydrogen-bond donors (Lipinski definition) is 2. The van der Waals surface area contributed by atoms with Gasteiger partial charge >= 0.3 is 0 Å². The number of benzene rings is 1. The Hall–Kier alpha value is -0.560. The van der Waals surface area contributed by atoms with Crippen LogP contribution in [0.15, 0.2) is 29.2 Å². The molecule has 6 heteroatoms. The van der Waals surface area contributed by atoms with Crippen molar-refractivity contribution < 1.29 is 8.42 Å². The maximum absolute atomic E-state index is 12.5. The first kappa shape index (κ1) is 16.8. The molecule has 0 aromatic heterocycles. The van der Waals surface area contributed by atoms with Crippen molar-refractivity contribution in [2.45, 2.75) is 43.2 Å². The van der Waals surface area contributed by atoms with E-state index in [4.69, 9.17) is 0 Å². The van der Waals surface area contributed by atoms with Crippen molar-refractivity contribution >= 4 is 21.8 Å².